The first-order chi connectivity index (χ1) is 8.60. The van der Waals surface area contributed by atoms with E-state index in [1.807, 2.05) is 42.2 Å². The summed E-state index contributed by atoms with van der Waals surface area (Å²) >= 11 is 0. The molecule has 1 aromatic heterocycles. The van der Waals surface area contributed by atoms with Crippen LogP contribution in [-0.2, 0) is 6.54 Å². The summed E-state index contributed by atoms with van der Waals surface area (Å²) in [4.78, 5) is 11.1. The number of carbonyl (C=O) groups excluding carboxylic acids is 1. The van der Waals surface area contributed by atoms with E-state index >= 15 is 0 Å². The smallest absolute Gasteiger partial charge is 0.150 e. The molecular formula is C15H18N2O. The number of carbonyl (C=O) groups is 1. The molecule has 2 aromatic rings. The second kappa shape index (κ2) is 5.17. The number of aldehydes is 1. The van der Waals surface area contributed by atoms with Crippen molar-refractivity contribution in [2.45, 2.75) is 27.3 Å². The third-order valence-corrected chi connectivity index (χ3v) is 2.83. The Morgan fingerprint density at radius 1 is 1.39 bits per heavy atom. The minimum atomic E-state index is 0.556. The van der Waals surface area contributed by atoms with Gasteiger partial charge < -0.3 is 0 Å². The van der Waals surface area contributed by atoms with Gasteiger partial charge in [-0.15, -0.1) is 0 Å². The van der Waals surface area contributed by atoms with Crippen molar-refractivity contribution in [1.82, 2.24) is 9.78 Å². The number of hydrogen-bond acceptors (Lipinski definition) is 2. The van der Waals surface area contributed by atoms with Gasteiger partial charge in [-0.2, -0.15) is 5.10 Å². The summed E-state index contributed by atoms with van der Waals surface area (Å²) in [6, 6.07) is 5.84. The lowest BCUT2D eigenvalue weighted by Gasteiger charge is -2.05. The third-order valence-electron chi connectivity index (χ3n) is 2.83. The van der Waals surface area contributed by atoms with Crippen molar-refractivity contribution in [1.29, 1.82) is 0 Å². The van der Waals surface area contributed by atoms with Crippen molar-refractivity contribution in [2.75, 3.05) is 0 Å². The van der Waals surface area contributed by atoms with Crippen LogP contribution in [0.5, 0.6) is 0 Å². The van der Waals surface area contributed by atoms with Gasteiger partial charge in [0.25, 0.3) is 0 Å². The Bertz CT molecular complexity index is 555. The van der Waals surface area contributed by atoms with E-state index in [0.29, 0.717) is 11.5 Å². The average molecular weight is 242 g/mol. The molecule has 3 heteroatoms. The molecule has 1 heterocycles. The second-order valence-corrected chi connectivity index (χ2v) is 5.05. The summed E-state index contributed by atoms with van der Waals surface area (Å²) in [5.41, 5.74) is 3.82. The molecule has 0 N–H and O–H groups in total. The summed E-state index contributed by atoms with van der Waals surface area (Å²) < 4.78 is 1.93. The molecule has 0 aliphatic carbocycles. The molecule has 0 unspecified atom stereocenters. The fourth-order valence-corrected chi connectivity index (χ4v) is 2.00. The summed E-state index contributed by atoms with van der Waals surface area (Å²) in [7, 11) is 0. The maximum Gasteiger partial charge on any atom is 0.150 e. The Morgan fingerprint density at radius 3 is 2.83 bits per heavy atom. The van der Waals surface area contributed by atoms with Crippen LogP contribution in [0, 0.1) is 12.8 Å². The van der Waals surface area contributed by atoms with E-state index in [4.69, 9.17) is 0 Å². The van der Waals surface area contributed by atoms with Crippen molar-refractivity contribution in [3.63, 3.8) is 0 Å². The molecule has 0 spiro atoms. The standard InChI is InChI=1S/C15H18N2O/c1-11(2)8-17-9-14(7-16-17)15-6-12(3)4-5-13(15)10-18/h4-7,9-11H,8H2,1-3H3. The van der Waals surface area contributed by atoms with Gasteiger partial charge >= 0.3 is 0 Å². The third kappa shape index (κ3) is 2.67. The molecule has 3 nitrogen and oxygen atoms in total. The second-order valence-electron chi connectivity index (χ2n) is 5.05. The van der Waals surface area contributed by atoms with Gasteiger partial charge in [-0.1, -0.05) is 37.6 Å². The minimum Gasteiger partial charge on any atom is -0.298 e. The topological polar surface area (TPSA) is 34.9 Å². The maximum absolute atomic E-state index is 11.1. The highest BCUT2D eigenvalue weighted by atomic mass is 16.1. The molecule has 0 radical (unpaired) electrons. The van der Waals surface area contributed by atoms with E-state index in [0.717, 1.165) is 29.5 Å². The zero-order valence-corrected chi connectivity index (χ0v) is 11.1. The zero-order valence-electron chi connectivity index (χ0n) is 11.1. The molecule has 18 heavy (non-hydrogen) atoms. The number of aromatic nitrogens is 2. The van der Waals surface area contributed by atoms with Gasteiger partial charge in [-0.3, -0.25) is 9.48 Å². The number of nitrogens with zero attached hydrogens (tertiary/aromatic N) is 2. The lowest BCUT2D eigenvalue weighted by molar-refractivity contribution is 0.112. The molecule has 0 saturated carbocycles. The highest BCUT2D eigenvalue weighted by Crippen LogP contribution is 2.23. The maximum atomic E-state index is 11.1. The van der Waals surface area contributed by atoms with Crippen LogP contribution in [0.25, 0.3) is 11.1 Å². The first kappa shape index (κ1) is 12.6. The average Bonchev–Trinajstić information content (AvgIpc) is 2.76. The molecule has 94 valence electrons. The largest absolute Gasteiger partial charge is 0.298 e. The van der Waals surface area contributed by atoms with Crippen LogP contribution in [0.3, 0.4) is 0 Å². The Labute approximate surface area is 107 Å². The summed E-state index contributed by atoms with van der Waals surface area (Å²) in [5.74, 6) is 0.556. The van der Waals surface area contributed by atoms with E-state index in [1.54, 1.807) is 0 Å². The lowest BCUT2D eigenvalue weighted by atomic mass is 10.0. The van der Waals surface area contributed by atoms with Crippen molar-refractivity contribution in [2.24, 2.45) is 5.92 Å². The number of benzene rings is 1. The predicted octanol–water partition coefficient (Wildman–Crippen LogP) is 3.33. The molecule has 0 aliphatic heterocycles. The van der Waals surface area contributed by atoms with E-state index in [9.17, 15) is 4.79 Å². The SMILES string of the molecule is Cc1ccc(C=O)c(-c2cnn(CC(C)C)c2)c1. The van der Waals surface area contributed by atoms with Crippen molar-refractivity contribution in [3.8, 4) is 11.1 Å². The summed E-state index contributed by atoms with van der Waals surface area (Å²) in [6.07, 6.45) is 4.72. The Hall–Kier alpha value is -1.90. The Kier molecular flexibility index (Phi) is 3.60. The first-order valence-electron chi connectivity index (χ1n) is 6.19. The molecule has 0 fully saturated rings. The van der Waals surface area contributed by atoms with E-state index in [1.165, 1.54) is 0 Å². The van der Waals surface area contributed by atoms with Crippen LogP contribution >= 0.6 is 0 Å². The van der Waals surface area contributed by atoms with Crippen LogP contribution < -0.4 is 0 Å². The molecule has 0 aliphatic rings. The van der Waals surface area contributed by atoms with Crippen molar-refractivity contribution >= 4 is 6.29 Å². The normalized spacial score (nSPS) is 10.9. The van der Waals surface area contributed by atoms with Gasteiger partial charge in [0.05, 0.1) is 6.20 Å². The van der Waals surface area contributed by atoms with Gasteiger partial charge in [0.15, 0.2) is 6.29 Å². The fourth-order valence-electron chi connectivity index (χ4n) is 2.00. The quantitative estimate of drug-likeness (QED) is 0.771. The van der Waals surface area contributed by atoms with Crippen LogP contribution in [0.1, 0.15) is 29.8 Å². The highest BCUT2D eigenvalue weighted by Gasteiger charge is 2.08. The number of hydrogen-bond donors (Lipinski definition) is 0. The monoisotopic (exact) mass is 242 g/mol. The Balaban J connectivity index is 2.39. The predicted molar refractivity (Wildman–Crippen MR) is 72.6 cm³/mol. The van der Waals surface area contributed by atoms with Gasteiger partial charge in [-0.05, 0) is 18.4 Å². The van der Waals surface area contributed by atoms with Gasteiger partial charge in [0.2, 0.25) is 0 Å². The van der Waals surface area contributed by atoms with Gasteiger partial charge in [-0.25, -0.2) is 0 Å². The van der Waals surface area contributed by atoms with Gasteiger partial charge in [0.1, 0.15) is 0 Å². The molecule has 0 saturated heterocycles. The molecule has 0 amide bonds. The van der Waals surface area contributed by atoms with Crippen molar-refractivity contribution in [3.05, 3.63) is 41.7 Å². The van der Waals surface area contributed by atoms with E-state index in [-0.39, 0.29) is 0 Å². The lowest BCUT2D eigenvalue weighted by Crippen LogP contribution is -2.04. The Morgan fingerprint density at radius 2 is 2.17 bits per heavy atom. The van der Waals surface area contributed by atoms with Crippen LogP contribution in [-0.4, -0.2) is 16.1 Å². The molecular weight excluding hydrogens is 224 g/mol. The van der Waals surface area contributed by atoms with E-state index < -0.39 is 0 Å². The van der Waals surface area contributed by atoms with Crippen LogP contribution in [0.15, 0.2) is 30.6 Å². The van der Waals surface area contributed by atoms with Crippen LogP contribution in [0.2, 0.25) is 0 Å². The van der Waals surface area contributed by atoms with Gasteiger partial charge in [0, 0.05) is 23.9 Å². The highest BCUT2D eigenvalue weighted by molar-refractivity contribution is 5.87. The van der Waals surface area contributed by atoms with Crippen LogP contribution in [0.4, 0.5) is 0 Å². The summed E-state index contributed by atoms with van der Waals surface area (Å²) in [6.45, 7) is 7.23. The number of aryl methyl sites for hydroxylation is 1. The molecule has 2 rings (SSSR count). The molecule has 1 aromatic carbocycles. The summed E-state index contributed by atoms with van der Waals surface area (Å²) in [5, 5.41) is 4.34. The van der Waals surface area contributed by atoms with Crippen molar-refractivity contribution < 1.29 is 4.79 Å². The number of rotatable bonds is 4. The first-order valence-corrected chi connectivity index (χ1v) is 6.19. The van der Waals surface area contributed by atoms with E-state index in [2.05, 4.69) is 18.9 Å². The zero-order chi connectivity index (χ0) is 13.1. The fraction of sp³-hybridized carbons (Fsp3) is 0.333. The molecule has 0 bridgehead atoms. The molecule has 0 atom stereocenters. The minimum absolute atomic E-state index is 0.556.